The highest BCUT2D eigenvalue weighted by atomic mass is 32.2. The van der Waals surface area contributed by atoms with Crippen LogP contribution in [0.15, 0.2) is 35.2 Å². The normalized spacial score (nSPS) is 15.9. The van der Waals surface area contributed by atoms with Gasteiger partial charge in [0.15, 0.2) is 0 Å². The molecule has 1 aromatic heterocycles. The summed E-state index contributed by atoms with van der Waals surface area (Å²) >= 11 is 1.57. The number of carbonyl (C=O) groups excluding carboxylic acids is 1. The Labute approximate surface area is 164 Å². The van der Waals surface area contributed by atoms with E-state index in [0.29, 0.717) is 31.9 Å². The topological polar surface area (TPSA) is 75.7 Å². The quantitative estimate of drug-likeness (QED) is 0.825. The molecule has 0 aliphatic carbocycles. The van der Waals surface area contributed by atoms with Gasteiger partial charge in [0.25, 0.3) is 5.91 Å². The van der Waals surface area contributed by atoms with E-state index in [2.05, 4.69) is 5.32 Å². The van der Waals surface area contributed by atoms with Crippen LogP contribution in [0.4, 0.5) is 0 Å². The summed E-state index contributed by atoms with van der Waals surface area (Å²) < 4.78 is 32.9. The van der Waals surface area contributed by atoms with Gasteiger partial charge in [-0.2, -0.15) is 4.31 Å². The Kier molecular flexibility index (Phi) is 6.00. The fourth-order valence-electron chi connectivity index (χ4n) is 2.89. The van der Waals surface area contributed by atoms with E-state index < -0.39 is 10.0 Å². The van der Waals surface area contributed by atoms with Crippen LogP contribution < -0.4 is 5.32 Å². The molecule has 2 heterocycles. The monoisotopic (exact) mass is 408 g/mol. The molecule has 27 heavy (non-hydrogen) atoms. The first kappa shape index (κ1) is 20.0. The molecule has 146 valence electrons. The minimum Gasteiger partial charge on any atom is -0.379 e. The van der Waals surface area contributed by atoms with E-state index >= 15 is 0 Å². The minimum absolute atomic E-state index is 0.0376. The average Bonchev–Trinajstić information content (AvgIpc) is 3.08. The van der Waals surface area contributed by atoms with Gasteiger partial charge in [0.1, 0.15) is 0 Å². The summed E-state index contributed by atoms with van der Waals surface area (Å²) in [4.78, 5) is 14.8. The molecule has 3 rings (SSSR count). The van der Waals surface area contributed by atoms with Gasteiger partial charge in [-0.15, -0.1) is 11.3 Å². The summed E-state index contributed by atoms with van der Waals surface area (Å²) in [7, 11) is -3.69. The number of aryl methyl sites for hydroxylation is 1. The Bertz CT molecular complexity index is 929. The molecule has 1 saturated heterocycles. The molecule has 1 aliphatic heterocycles. The maximum absolute atomic E-state index is 13.1. The third-order valence-electron chi connectivity index (χ3n) is 4.22. The SMILES string of the molecule is Cc1ccc(-c2cc(C(=O)NC(C)C)cc(S(=O)(=O)N3CCOCC3)c2)s1. The lowest BCUT2D eigenvalue weighted by Crippen LogP contribution is -2.40. The van der Waals surface area contributed by atoms with Gasteiger partial charge in [0.05, 0.1) is 18.1 Å². The Morgan fingerprint density at radius 1 is 1.19 bits per heavy atom. The summed E-state index contributed by atoms with van der Waals surface area (Å²) in [5, 5.41) is 2.84. The number of morpholine rings is 1. The van der Waals surface area contributed by atoms with Crippen molar-refractivity contribution >= 4 is 27.3 Å². The van der Waals surface area contributed by atoms with Crippen LogP contribution in [0.5, 0.6) is 0 Å². The number of benzene rings is 1. The summed E-state index contributed by atoms with van der Waals surface area (Å²) in [5.41, 5.74) is 1.08. The number of sulfonamides is 1. The Morgan fingerprint density at radius 3 is 2.48 bits per heavy atom. The lowest BCUT2D eigenvalue weighted by molar-refractivity contribution is 0.0730. The minimum atomic E-state index is -3.69. The van der Waals surface area contributed by atoms with E-state index in [-0.39, 0.29) is 16.8 Å². The Morgan fingerprint density at radius 2 is 1.89 bits per heavy atom. The van der Waals surface area contributed by atoms with Crippen LogP contribution in [0.2, 0.25) is 0 Å². The zero-order valence-electron chi connectivity index (χ0n) is 15.7. The highest BCUT2D eigenvalue weighted by Crippen LogP contribution is 2.31. The summed E-state index contributed by atoms with van der Waals surface area (Å²) in [5.74, 6) is -0.279. The zero-order chi connectivity index (χ0) is 19.6. The standard InChI is InChI=1S/C19H24N2O4S2/c1-13(2)20-19(22)16-10-15(18-5-4-14(3)26-18)11-17(12-16)27(23,24)21-6-8-25-9-7-21/h4-5,10-13H,6-9H2,1-3H3,(H,20,22). The number of amides is 1. The fraction of sp³-hybridized carbons (Fsp3) is 0.421. The number of carbonyl (C=O) groups is 1. The summed E-state index contributed by atoms with van der Waals surface area (Å²) in [6.07, 6.45) is 0. The van der Waals surface area contributed by atoms with Crippen molar-refractivity contribution in [1.82, 2.24) is 9.62 Å². The van der Waals surface area contributed by atoms with Gasteiger partial charge in [0.2, 0.25) is 10.0 Å². The van der Waals surface area contributed by atoms with E-state index in [1.165, 1.54) is 10.4 Å². The lowest BCUT2D eigenvalue weighted by Gasteiger charge is -2.26. The van der Waals surface area contributed by atoms with Crippen LogP contribution in [0, 0.1) is 6.92 Å². The fourth-order valence-corrected chi connectivity index (χ4v) is 5.23. The molecule has 0 spiro atoms. The molecule has 0 unspecified atom stereocenters. The van der Waals surface area contributed by atoms with Crippen LogP contribution >= 0.6 is 11.3 Å². The molecule has 0 bridgehead atoms. The number of ether oxygens (including phenoxy) is 1. The van der Waals surface area contributed by atoms with Gasteiger partial charge in [-0.3, -0.25) is 4.79 Å². The molecule has 1 amide bonds. The molecule has 1 aliphatic rings. The van der Waals surface area contributed by atoms with Gasteiger partial charge in [-0.05, 0) is 56.7 Å². The number of thiophene rings is 1. The molecule has 1 aromatic carbocycles. The first-order chi connectivity index (χ1) is 12.8. The highest BCUT2D eigenvalue weighted by Gasteiger charge is 2.28. The number of hydrogen-bond acceptors (Lipinski definition) is 5. The summed E-state index contributed by atoms with van der Waals surface area (Å²) in [6.45, 7) is 7.13. The first-order valence-corrected chi connectivity index (χ1v) is 11.1. The van der Waals surface area contributed by atoms with Crippen molar-refractivity contribution in [3.63, 3.8) is 0 Å². The molecule has 6 nitrogen and oxygen atoms in total. The Hall–Kier alpha value is -1.74. The van der Waals surface area contributed by atoms with Crippen molar-refractivity contribution in [3.8, 4) is 10.4 Å². The van der Waals surface area contributed by atoms with Crippen molar-refractivity contribution in [2.75, 3.05) is 26.3 Å². The molecule has 8 heteroatoms. The molecule has 1 N–H and O–H groups in total. The predicted molar refractivity (Wildman–Crippen MR) is 107 cm³/mol. The lowest BCUT2D eigenvalue weighted by atomic mass is 10.1. The molecular weight excluding hydrogens is 384 g/mol. The van der Waals surface area contributed by atoms with Gasteiger partial charge in [0, 0.05) is 34.4 Å². The van der Waals surface area contributed by atoms with Crippen molar-refractivity contribution in [2.24, 2.45) is 0 Å². The largest absolute Gasteiger partial charge is 0.379 e. The van der Waals surface area contributed by atoms with Gasteiger partial charge in [-0.25, -0.2) is 8.42 Å². The van der Waals surface area contributed by atoms with Gasteiger partial charge < -0.3 is 10.1 Å². The molecule has 0 radical (unpaired) electrons. The molecule has 2 aromatic rings. The van der Waals surface area contributed by atoms with E-state index in [9.17, 15) is 13.2 Å². The molecule has 0 saturated carbocycles. The number of rotatable bonds is 5. The number of nitrogens with one attached hydrogen (secondary N) is 1. The molecule has 0 atom stereocenters. The van der Waals surface area contributed by atoms with E-state index in [1.807, 2.05) is 32.9 Å². The van der Waals surface area contributed by atoms with Crippen LogP contribution in [0.1, 0.15) is 29.1 Å². The third-order valence-corrected chi connectivity index (χ3v) is 7.15. The first-order valence-electron chi connectivity index (χ1n) is 8.88. The van der Waals surface area contributed by atoms with E-state index in [1.54, 1.807) is 23.5 Å². The second-order valence-electron chi connectivity index (χ2n) is 6.80. The second kappa shape index (κ2) is 8.10. The highest BCUT2D eigenvalue weighted by molar-refractivity contribution is 7.89. The molecule has 1 fully saturated rings. The predicted octanol–water partition coefficient (Wildman–Crippen LogP) is 2.88. The van der Waals surface area contributed by atoms with E-state index in [4.69, 9.17) is 4.74 Å². The second-order valence-corrected chi connectivity index (χ2v) is 10.0. The number of hydrogen-bond donors (Lipinski definition) is 1. The maximum atomic E-state index is 13.1. The molecular formula is C19H24N2O4S2. The zero-order valence-corrected chi connectivity index (χ0v) is 17.3. The Balaban J connectivity index is 2.08. The summed E-state index contributed by atoms with van der Waals surface area (Å²) in [6, 6.07) is 8.77. The van der Waals surface area contributed by atoms with Crippen molar-refractivity contribution < 1.29 is 17.9 Å². The van der Waals surface area contributed by atoms with Crippen LogP contribution in [0.25, 0.3) is 10.4 Å². The van der Waals surface area contributed by atoms with Crippen LogP contribution in [0.3, 0.4) is 0 Å². The average molecular weight is 409 g/mol. The van der Waals surface area contributed by atoms with Crippen molar-refractivity contribution in [2.45, 2.75) is 31.7 Å². The number of nitrogens with zero attached hydrogens (tertiary/aromatic N) is 1. The van der Waals surface area contributed by atoms with Crippen LogP contribution in [-0.4, -0.2) is 51.0 Å². The van der Waals surface area contributed by atoms with Gasteiger partial charge in [-0.1, -0.05) is 0 Å². The van der Waals surface area contributed by atoms with Crippen molar-refractivity contribution in [1.29, 1.82) is 0 Å². The van der Waals surface area contributed by atoms with E-state index in [0.717, 1.165) is 15.3 Å². The van der Waals surface area contributed by atoms with Crippen LogP contribution in [-0.2, 0) is 14.8 Å². The smallest absolute Gasteiger partial charge is 0.251 e. The maximum Gasteiger partial charge on any atom is 0.251 e. The van der Waals surface area contributed by atoms with Gasteiger partial charge >= 0.3 is 0 Å². The third kappa shape index (κ3) is 4.57. The van der Waals surface area contributed by atoms with Crippen molar-refractivity contribution in [3.05, 3.63) is 40.8 Å².